The summed E-state index contributed by atoms with van der Waals surface area (Å²) in [5, 5.41) is 3.31. The molecule has 0 saturated heterocycles. The molecule has 2 atom stereocenters. The second-order valence-electron chi connectivity index (χ2n) is 4.64. The minimum atomic E-state index is -0.390. The molecular formula is C13H18F2N2. The molecule has 4 heteroatoms. The van der Waals surface area contributed by atoms with Gasteiger partial charge in [-0.25, -0.2) is 8.78 Å². The van der Waals surface area contributed by atoms with Gasteiger partial charge in [0.2, 0.25) is 0 Å². The molecule has 17 heavy (non-hydrogen) atoms. The summed E-state index contributed by atoms with van der Waals surface area (Å²) in [6.07, 6.45) is 3.76. The number of nitrogens with one attached hydrogen (secondary N) is 1. The van der Waals surface area contributed by atoms with E-state index in [2.05, 4.69) is 5.32 Å². The number of hydrogen-bond donors (Lipinski definition) is 2. The summed E-state index contributed by atoms with van der Waals surface area (Å²) in [5.41, 5.74) is 6.34. The van der Waals surface area contributed by atoms with Gasteiger partial charge in [0.1, 0.15) is 11.6 Å². The highest BCUT2D eigenvalue weighted by Gasteiger charge is 2.22. The molecule has 0 spiro atoms. The van der Waals surface area contributed by atoms with Gasteiger partial charge in [0.05, 0.1) is 0 Å². The average Bonchev–Trinajstić information content (AvgIpc) is 2.70. The van der Waals surface area contributed by atoms with Gasteiger partial charge in [-0.1, -0.05) is 6.42 Å². The Hall–Kier alpha value is -1.00. The molecule has 1 aromatic rings. The van der Waals surface area contributed by atoms with Crippen molar-refractivity contribution in [2.75, 3.05) is 6.54 Å². The average molecular weight is 240 g/mol. The van der Waals surface area contributed by atoms with Crippen LogP contribution in [0.5, 0.6) is 0 Å². The lowest BCUT2D eigenvalue weighted by Crippen LogP contribution is -2.41. The first kappa shape index (κ1) is 12.5. The molecule has 1 saturated carbocycles. The lowest BCUT2D eigenvalue weighted by atomic mass is 10.1. The zero-order valence-corrected chi connectivity index (χ0v) is 9.76. The molecule has 1 fully saturated rings. The first-order valence-electron chi connectivity index (χ1n) is 6.09. The summed E-state index contributed by atoms with van der Waals surface area (Å²) >= 11 is 0. The van der Waals surface area contributed by atoms with Gasteiger partial charge in [-0.3, -0.25) is 0 Å². The highest BCUT2D eigenvalue weighted by molar-refractivity contribution is 5.19. The van der Waals surface area contributed by atoms with Crippen molar-refractivity contribution in [3.63, 3.8) is 0 Å². The van der Waals surface area contributed by atoms with Crippen LogP contribution in [-0.2, 0) is 6.42 Å². The van der Waals surface area contributed by atoms with E-state index >= 15 is 0 Å². The maximum Gasteiger partial charge on any atom is 0.126 e. The van der Waals surface area contributed by atoms with Crippen LogP contribution in [0, 0.1) is 11.6 Å². The number of halogens is 2. The quantitative estimate of drug-likeness (QED) is 0.844. The molecule has 1 aliphatic rings. The second-order valence-corrected chi connectivity index (χ2v) is 4.64. The number of rotatable bonds is 4. The fourth-order valence-corrected chi connectivity index (χ4v) is 2.37. The Kier molecular flexibility index (Phi) is 4.07. The van der Waals surface area contributed by atoms with E-state index in [-0.39, 0.29) is 17.7 Å². The third-order valence-corrected chi connectivity index (χ3v) is 3.38. The van der Waals surface area contributed by atoms with E-state index in [1.807, 2.05) is 0 Å². The van der Waals surface area contributed by atoms with Crippen molar-refractivity contribution in [1.29, 1.82) is 0 Å². The van der Waals surface area contributed by atoms with Gasteiger partial charge in [0.25, 0.3) is 0 Å². The lowest BCUT2D eigenvalue weighted by molar-refractivity contribution is 0.475. The fraction of sp³-hybridized carbons (Fsp3) is 0.538. The predicted molar refractivity (Wildman–Crippen MR) is 63.7 cm³/mol. The standard InChI is InChI=1S/C13H18F2N2/c14-10-4-5-11(15)9(8-10)6-7-17-13-3-1-2-12(13)16/h4-5,8,12-13,17H,1-3,6-7,16H2. The summed E-state index contributed by atoms with van der Waals surface area (Å²) in [6.45, 7) is 0.638. The highest BCUT2D eigenvalue weighted by atomic mass is 19.1. The van der Waals surface area contributed by atoms with Crippen molar-refractivity contribution in [3.8, 4) is 0 Å². The van der Waals surface area contributed by atoms with Gasteiger partial charge in [-0.15, -0.1) is 0 Å². The summed E-state index contributed by atoms with van der Waals surface area (Å²) < 4.78 is 26.3. The van der Waals surface area contributed by atoms with Crippen LogP contribution in [0.2, 0.25) is 0 Å². The Morgan fingerprint density at radius 3 is 2.82 bits per heavy atom. The normalized spacial score (nSPS) is 24.2. The van der Waals surface area contributed by atoms with Crippen LogP contribution in [0.4, 0.5) is 8.78 Å². The van der Waals surface area contributed by atoms with E-state index in [0.29, 0.717) is 24.6 Å². The minimum absolute atomic E-state index is 0.201. The van der Waals surface area contributed by atoms with E-state index in [0.717, 1.165) is 25.3 Å². The number of hydrogen-bond acceptors (Lipinski definition) is 2. The Balaban J connectivity index is 1.83. The van der Waals surface area contributed by atoms with Crippen LogP contribution < -0.4 is 11.1 Å². The number of benzene rings is 1. The van der Waals surface area contributed by atoms with Crippen LogP contribution in [0.3, 0.4) is 0 Å². The van der Waals surface area contributed by atoms with Crippen molar-refractivity contribution in [3.05, 3.63) is 35.4 Å². The van der Waals surface area contributed by atoms with Crippen LogP contribution in [0.1, 0.15) is 24.8 Å². The van der Waals surface area contributed by atoms with Gasteiger partial charge in [0.15, 0.2) is 0 Å². The monoisotopic (exact) mass is 240 g/mol. The first-order chi connectivity index (χ1) is 8.16. The Bertz CT molecular complexity index is 382. The van der Waals surface area contributed by atoms with Gasteiger partial charge < -0.3 is 11.1 Å². The first-order valence-corrected chi connectivity index (χ1v) is 6.09. The Labute approximate surface area is 100 Å². The van der Waals surface area contributed by atoms with Gasteiger partial charge in [-0.05, 0) is 49.6 Å². The largest absolute Gasteiger partial charge is 0.326 e. The molecule has 0 heterocycles. The molecule has 0 radical (unpaired) electrons. The van der Waals surface area contributed by atoms with E-state index < -0.39 is 0 Å². The maximum atomic E-state index is 13.3. The maximum absolute atomic E-state index is 13.3. The molecule has 0 aliphatic heterocycles. The van der Waals surface area contributed by atoms with Crippen molar-refractivity contribution < 1.29 is 8.78 Å². The summed E-state index contributed by atoms with van der Waals surface area (Å²) in [5.74, 6) is -0.733. The van der Waals surface area contributed by atoms with E-state index in [1.165, 1.54) is 12.1 Å². The molecule has 0 bridgehead atoms. The van der Waals surface area contributed by atoms with Crippen LogP contribution >= 0.6 is 0 Å². The predicted octanol–water partition coefficient (Wildman–Crippen LogP) is 1.98. The van der Waals surface area contributed by atoms with Crippen LogP contribution in [0.15, 0.2) is 18.2 Å². The molecule has 0 aromatic heterocycles. The smallest absolute Gasteiger partial charge is 0.126 e. The molecule has 0 amide bonds. The number of nitrogens with two attached hydrogens (primary N) is 1. The van der Waals surface area contributed by atoms with Gasteiger partial charge >= 0.3 is 0 Å². The van der Waals surface area contributed by atoms with Crippen molar-refractivity contribution >= 4 is 0 Å². The summed E-state index contributed by atoms with van der Waals surface area (Å²) in [7, 11) is 0. The molecule has 3 N–H and O–H groups in total. The van der Waals surface area contributed by atoms with Crippen molar-refractivity contribution in [1.82, 2.24) is 5.32 Å². The van der Waals surface area contributed by atoms with Crippen LogP contribution in [0.25, 0.3) is 0 Å². The molecule has 1 aliphatic carbocycles. The van der Waals surface area contributed by atoms with Gasteiger partial charge in [-0.2, -0.15) is 0 Å². The SMILES string of the molecule is NC1CCCC1NCCc1cc(F)ccc1F. The zero-order chi connectivity index (χ0) is 12.3. The summed E-state index contributed by atoms with van der Waals surface area (Å²) in [6, 6.07) is 4.09. The Morgan fingerprint density at radius 2 is 2.12 bits per heavy atom. The third kappa shape index (κ3) is 3.23. The van der Waals surface area contributed by atoms with E-state index in [9.17, 15) is 8.78 Å². The van der Waals surface area contributed by atoms with Crippen LogP contribution in [-0.4, -0.2) is 18.6 Å². The molecule has 2 rings (SSSR count). The summed E-state index contributed by atoms with van der Waals surface area (Å²) in [4.78, 5) is 0. The lowest BCUT2D eigenvalue weighted by Gasteiger charge is -2.17. The van der Waals surface area contributed by atoms with Crippen molar-refractivity contribution in [2.45, 2.75) is 37.8 Å². The highest BCUT2D eigenvalue weighted by Crippen LogP contribution is 2.17. The van der Waals surface area contributed by atoms with Gasteiger partial charge in [0, 0.05) is 12.1 Å². The zero-order valence-electron chi connectivity index (χ0n) is 9.76. The molecule has 1 aromatic carbocycles. The molecule has 2 unspecified atom stereocenters. The minimum Gasteiger partial charge on any atom is -0.326 e. The second kappa shape index (κ2) is 5.56. The molecule has 94 valence electrons. The van der Waals surface area contributed by atoms with Crippen molar-refractivity contribution in [2.24, 2.45) is 5.73 Å². The molecular weight excluding hydrogens is 222 g/mol. The molecule has 2 nitrogen and oxygen atoms in total. The van der Waals surface area contributed by atoms with E-state index in [4.69, 9.17) is 5.73 Å². The van der Waals surface area contributed by atoms with E-state index in [1.54, 1.807) is 0 Å². The Morgan fingerprint density at radius 1 is 1.29 bits per heavy atom. The fourth-order valence-electron chi connectivity index (χ4n) is 2.37. The topological polar surface area (TPSA) is 38.0 Å². The third-order valence-electron chi connectivity index (χ3n) is 3.38.